The predicted molar refractivity (Wildman–Crippen MR) is 68.4 cm³/mol. The number of benzene rings is 1. The van der Waals surface area contributed by atoms with Crippen LogP contribution in [0.5, 0.6) is 0 Å². The van der Waals surface area contributed by atoms with Crippen molar-refractivity contribution in [3.05, 3.63) is 54.5 Å². The largest absolute Gasteiger partial charge is 0.256 e. The first-order valence-electron chi connectivity index (χ1n) is 5.32. The van der Waals surface area contributed by atoms with Gasteiger partial charge in [-0.05, 0) is 30.3 Å². The summed E-state index contributed by atoms with van der Waals surface area (Å²) in [5.41, 5.74) is 2.88. The first-order chi connectivity index (χ1) is 8.36. The topological polar surface area (TPSA) is 30.7 Å². The lowest BCUT2D eigenvalue weighted by Crippen LogP contribution is -1.95. The molecule has 0 aliphatic heterocycles. The monoisotopic (exact) mass is 243 g/mol. The van der Waals surface area contributed by atoms with E-state index in [1.807, 2.05) is 41.2 Å². The van der Waals surface area contributed by atoms with Crippen LogP contribution < -0.4 is 0 Å². The minimum atomic E-state index is 0.433. The summed E-state index contributed by atoms with van der Waals surface area (Å²) in [7, 11) is 0. The summed E-state index contributed by atoms with van der Waals surface area (Å²) >= 11 is 5.74. The Kier molecular flexibility index (Phi) is 2.53. The van der Waals surface area contributed by atoms with E-state index in [4.69, 9.17) is 11.6 Å². The van der Waals surface area contributed by atoms with Crippen LogP contribution in [-0.2, 0) is 5.88 Å². The van der Waals surface area contributed by atoms with Crippen molar-refractivity contribution in [1.82, 2.24) is 14.8 Å². The zero-order valence-electron chi connectivity index (χ0n) is 9.05. The maximum atomic E-state index is 5.74. The van der Waals surface area contributed by atoms with Crippen molar-refractivity contribution in [2.75, 3.05) is 0 Å². The Bertz CT molecular complexity index is 660. The highest BCUT2D eigenvalue weighted by atomic mass is 35.5. The molecule has 1 aromatic carbocycles. The minimum absolute atomic E-state index is 0.433. The summed E-state index contributed by atoms with van der Waals surface area (Å²) in [6.45, 7) is 0. The Balaban J connectivity index is 2.11. The molecule has 4 heteroatoms. The van der Waals surface area contributed by atoms with E-state index < -0.39 is 0 Å². The molecule has 3 rings (SSSR count). The number of hydrogen-bond acceptors (Lipinski definition) is 2. The highest BCUT2D eigenvalue weighted by Gasteiger charge is 2.01. The predicted octanol–water partition coefficient (Wildman–Crippen LogP) is 3.16. The van der Waals surface area contributed by atoms with Gasteiger partial charge in [0.1, 0.15) is 0 Å². The van der Waals surface area contributed by atoms with E-state index in [0.717, 1.165) is 22.3 Å². The Morgan fingerprint density at radius 2 is 2.12 bits per heavy atom. The number of hydrogen-bond donors (Lipinski definition) is 0. The number of rotatable bonds is 2. The van der Waals surface area contributed by atoms with Crippen LogP contribution >= 0.6 is 11.6 Å². The molecule has 2 aromatic heterocycles. The molecule has 0 spiro atoms. The van der Waals surface area contributed by atoms with Gasteiger partial charge >= 0.3 is 0 Å². The Labute approximate surface area is 104 Å². The van der Waals surface area contributed by atoms with Crippen molar-refractivity contribution < 1.29 is 0 Å². The fraction of sp³-hybridized carbons (Fsp3) is 0.0769. The highest BCUT2D eigenvalue weighted by Crippen LogP contribution is 2.16. The average molecular weight is 244 g/mol. The van der Waals surface area contributed by atoms with Crippen molar-refractivity contribution >= 4 is 22.5 Å². The highest BCUT2D eigenvalue weighted by molar-refractivity contribution is 6.16. The van der Waals surface area contributed by atoms with E-state index in [1.54, 1.807) is 6.20 Å². The van der Waals surface area contributed by atoms with Crippen molar-refractivity contribution in [2.45, 2.75) is 5.88 Å². The number of halogens is 1. The lowest BCUT2D eigenvalue weighted by Gasteiger charge is -2.03. The van der Waals surface area contributed by atoms with Gasteiger partial charge in [-0.1, -0.05) is 6.07 Å². The normalized spacial score (nSPS) is 10.9. The summed E-state index contributed by atoms with van der Waals surface area (Å²) in [5.74, 6) is 0.433. The van der Waals surface area contributed by atoms with Gasteiger partial charge in [-0.15, -0.1) is 11.6 Å². The second-order valence-corrected chi connectivity index (χ2v) is 4.03. The zero-order chi connectivity index (χ0) is 11.7. The second kappa shape index (κ2) is 4.18. The SMILES string of the molecule is ClCc1ccn(-c2ccc3ncccc3c2)n1. The quantitative estimate of drug-likeness (QED) is 0.648. The van der Waals surface area contributed by atoms with Crippen LogP contribution in [0.4, 0.5) is 0 Å². The molecule has 0 fully saturated rings. The Morgan fingerprint density at radius 1 is 1.18 bits per heavy atom. The van der Waals surface area contributed by atoms with Gasteiger partial charge in [0.25, 0.3) is 0 Å². The first kappa shape index (κ1) is 10.3. The van der Waals surface area contributed by atoms with Gasteiger partial charge in [-0.3, -0.25) is 4.98 Å². The van der Waals surface area contributed by atoms with Gasteiger partial charge < -0.3 is 0 Å². The van der Waals surface area contributed by atoms with Crippen LogP contribution in [0, 0.1) is 0 Å². The third-order valence-electron chi connectivity index (χ3n) is 2.63. The fourth-order valence-corrected chi connectivity index (χ4v) is 1.92. The molecule has 0 N–H and O–H groups in total. The van der Waals surface area contributed by atoms with E-state index >= 15 is 0 Å². The molecule has 0 unspecified atom stereocenters. The van der Waals surface area contributed by atoms with Gasteiger partial charge in [-0.2, -0.15) is 5.10 Å². The van der Waals surface area contributed by atoms with Crippen LogP contribution in [0.2, 0.25) is 0 Å². The summed E-state index contributed by atoms with van der Waals surface area (Å²) in [4.78, 5) is 4.29. The lowest BCUT2D eigenvalue weighted by atomic mass is 10.2. The van der Waals surface area contributed by atoms with Crippen LogP contribution in [-0.4, -0.2) is 14.8 Å². The number of fused-ring (bicyclic) bond motifs is 1. The second-order valence-electron chi connectivity index (χ2n) is 3.77. The van der Waals surface area contributed by atoms with E-state index in [0.29, 0.717) is 5.88 Å². The van der Waals surface area contributed by atoms with Crippen LogP contribution in [0.25, 0.3) is 16.6 Å². The van der Waals surface area contributed by atoms with Crippen LogP contribution in [0.1, 0.15) is 5.69 Å². The summed E-state index contributed by atoms with van der Waals surface area (Å²) in [5, 5.41) is 5.47. The number of pyridine rings is 1. The van der Waals surface area contributed by atoms with E-state index in [9.17, 15) is 0 Å². The van der Waals surface area contributed by atoms with Gasteiger partial charge in [0.05, 0.1) is 22.8 Å². The number of alkyl halides is 1. The summed E-state index contributed by atoms with van der Waals surface area (Å²) in [6.07, 6.45) is 3.71. The smallest absolute Gasteiger partial charge is 0.0776 e. The molecule has 0 atom stereocenters. The van der Waals surface area contributed by atoms with Crippen molar-refractivity contribution in [3.63, 3.8) is 0 Å². The fourth-order valence-electron chi connectivity index (χ4n) is 1.78. The number of nitrogens with zero attached hydrogens (tertiary/aromatic N) is 3. The molecule has 84 valence electrons. The van der Waals surface area contributed by atoms with Gasteiger partial charge in [0.15, 0.2) is 0 Å². The Hall–Kier alpha value is -1.87. The molecule has 17 heavy (non-hydrogen) atoms. The molecule has 0 radical (unpaired) electrons. The first-order valence-corrected chi connectivity index (χ1v) is 5.86. The number of aromatic nitrogens is 3. The zero-order valence-corrected chi connectivity index (χ0v) is 9.80. The van der Waals surface area contributed by atoms with Gasteiger partial charge in [-0.25, -0.2) is 4.68 Å². The molecule has 3 nitrogen and oxygen atoms in total. The molecule has 0 amide bonds. The minimum Gasteiger partial charge on any atom is -0.256 e. The standard InChI is InChI=1S/C13H10ClN3/c14-9-11-5-7-17(16-11)12-3-4-13-10(8-12)2-1-6-15-13/h1-8H,9H2. The van der Waals surface area contributed by atoms with Crippen molar-refractivity contribution in [1.29, 1.82) is 0 Å². The third kappa shape index (κ3) is 1.89. The molecule has 0 bridgehead atoms. The molecular formula is C13H10ClN3. The summed E-state index contributed by atoms with van der Waals surface area (Å²) < 4.78 is 1.82. The molecule has 2 heterocycles. The molecule has 0 saturated heterocycles. The summed E-state index contributed by atoms with van der Waals surface area (Å²) in [6, 6.07) is 11.9. The molecular weight excluding hydrogens is 234 g/mol. The van der Waals surface area contributed by atoms with Crippen LogP contribution in [0.3, 0.4) is 0 Å². The molecule has 0 saturated carbocycles. The third-order valence-corrected chi connectivity index (χ3v) is 2.91. The van der Waals surface area contributed by atoms with Crippen molar-refractivity contribution in [2.24, 2.45) is 0 Å². The van der Waals surface area contributed by atoms with E-state index in [-0.39, 0.29) is 0 Å². The Morgan fingerprint density at radius 3 is 2.94 bits per heavy atom. The maximum Gasteiger partial charge on any atom is 0.0776 e. The van der Waals surface area contributed by atoms with E-state index in [2.05, 4.69) is 16.1 Å². The van der Waals surface area contributed by atoms with Gasteiger partial charge in [0.2, 0.25) is 0 Å². The van der Waals surface area contributed by atoms with Crippen LogP contribution in [0.15, 0.2) is 48.8 Å². The van der Waals surface area contributed by atoms with Crippen molar-refractivity contribution in [3.8, 4) is 5.69 Å². The molecule has 0 aliphatic carbocycles. The lowest BCUT2D eigenvalue weighted by molar-refractivity contribution is 0.860. The average Bonchev–Trinajstić information content (AvgIpc) is 2.87. The maximum absolute atomic E-state index is 5.74. The van der Waals surface area contributed by atoms with Gasteiger partial charge in [0, 0.05) is 17.8 Å². The molecule has 0 aliphatic rings. The van der Waals surface area contributed by atoms with E-state index in [1.165, 1.54) is 0 Å². The molecule has 3 aromatic rings.